The third-order valence-electron chi connectivity index (χ3n) is 2.45. The van der Waals surface area contributed by atoms with Crippen molar-refractivity contribution < 1.29 is 9.53 Å². The van der Waals surface area contributed by atoms with Crippen LogP contribution in [0.1, 0.15) is 10.4 Å². The van der Waals surface area contributed by atoms with Crippen molar-refractivity contribution in [3.05, 3.63) is 51.1 Å². The Hall–Kier alpha value is -1.49. The molecule has 0 amide bonds. The highest BCUT2D eigenvalue weighted by molar-refractivity contribution is 6.44. The van der Waals surface area contributed by atoms with Crippen LogP contribution < -0.4 is 5.32 Å². The molecule has 1 N–H and O–H groups in total. The second kappa shape index (κ2) is 6.31. The summed E-state index contributed by atoms with van der Waals surface area (Å²) in [5.41, 5.74) is 0.914. The van der Waals surface area contributed by atoms with E-state index in [1.165, 1.54) is 19.4 Å². The molecule has 0 saturated carbocycles. The van der Waals surface area contributed by atoms with Crippen LogP contribution in [-0.2, 0) is 4.74 Å². The zero-order valence-electron chi connectivity index (χ0n) is 10.3. The molecular formula is C13H9Cl3N2O2. The number of carbonyl (C=O) groups excluding carboxylic acids is 1. The summed E-state index contributed by atoms with van der Waals surface area (Å²) in [6, 6.07) is 6.20. The van der Waals surface area contributed by atoms with Gasteiger partial charge in [0.25, 0.3) is 0 Å². The molecule has 0 spiro atoms. The van der Waals surface area contributed by atoms with Crippen molar-refractivity contribution in [1.29, 1.82) is 0 Å². The fraction of sp³-hybridized carbons (Fsp3) is 0.0769. The lowest BCUT2D eigenvalue weighted by Gasteiger charge is -2.09. The van der Waals surface area contributed by atoms with Crippen LogP contribution in [0.25, 0.3) is 0 Å². The van der Waals surface area contributed by atoms with Crippen molar-refractivity contribution >= 4 is 52.3 Å². The number of nitrogens with one attached hydrogen (secondary N) is 1. The average molecular weight is 332 g/mol. The first-order valence-electron chi connectivity index (χ1n) is 5.47. The predicted octanol–water partition coefficient (Wildman–Crippen LogP) is 4.57. The second-order valence-corrected chi connectivity index (χ2v) is 5.01. The van der Waals surface area contributed by atoms with E-state index in [0.717, 1.165) is 0 Å². The number of pyridine rings is 1. The number of hydrogen-bond donors (Lipinski definition) is 1. The Kier molecular flexibility index (Phi) is 4.70. The molecule has 0 saturated heterocycles. The maximum absolute atomic E-state index is 11.4. The number of anilines is 2. The van der Waals surface area contributed by atoms with Gasteiger partial charge in [-0.15, -0.1) is 0 Å². The number of methoxy groups -OCH3 is 1. The first kappa shape index (κ1) is 14.9. The topological polar surface area (TPSA) is 51.2 Å². The molecule has 2 rings (SSSR count). The monoisotopic (exact) mass is 330 g/mol. The van der Waals surface area contributed by atoms with Gasteiger partial charge in [-0.3, -0.25) is 0 Å². The third kappa shape index (κ3) is 3.33. The highest BCUT2D eigenvalue weighted by Crippen LogP contribution is 2.33. The molecule has 1 heterocycles. The largest absolute Gasteiger partial charge is 0.465 e. The Balaban J connectivity index is 2.31. The predicted molar refractivity (Wildman–Crippen MR) is 80.3 cm³/mol. The molecule has 4 nitrogen and oxygen atoms in total. The highest BCUT2D eigenvalue weighted by atomic mass is 35.5. The molecule has 0 aliphatic heterocycles. The molecule has 0 fully saturated rings. The summed E-state index contributed by atoms with van der Waals surface area (Å²) in [4.78, 5) is 15.5. The number of esters is 1. The van der Waals surface area contributed by atoms with Crippen LogP contribution in [0.15, 0.2) is 30.5 Å². The summed E-state index contributed by atoms with van der Waals surface area (Å²) in [6.45, 7) is 0. The van der Waals surface area contributed by atoms with Crippen molar-refractivity contribution in [3.63, 3.8) is 0 Å². The summed E-state index contributed by atoms with van der Waals surface area (Å²) in [7, 11) is 1.31. The number of benzene rings is 1. The lowest BCUT2D eigenvalue weighted by molar-refractivity contribution is 0.0600. The van der Waals surface area contributed by atoms with Gasteiger partial charge in [0.15, 0.2) is 0 Å². The van der Waals surface area contributed by atoms with Crippen LogP contribution in [0.2, 0.25) is 15.1 Å². The molecule has 0 radical (unpaired) electrons. The smallest absolute Gasteiger partial charge is 0.338 e. The van der Waals surface area contributed by atoms with Gasteiger partial charge in [-0.05, 0) is 24.3 Å². The van der Waals surface area contributed by atoms with Crippen LogP contribution in [-0.4, -0.2) is 18.1 Å². The van der Waals surface area contributed by atoms with Gasteiger partial charge < -0.3 is 10.1 Å². The highest BCUT2D eigenvalue weighted by Gasteiger charge is 2.09. The van der Waals surface area contributed by atoms with Crippen LogP contribution in [0.4, 0.5) is 11.5 Å². The SMILES string of the molecule is COC(=O)c1ccnc(Nc2cc(Cl)c(Cl)cc2Cl)c1. The Bertz CT molecular complexity index is 662. The molecule has 0 bridgehead atoms. The van der Waals surface area contributed by atoms with Gasteiger partial charge in [-0.1, -0.05) is 34.8 Å². The average Bonchev–Trinajstić information content (AvgIpc) is 2.44. The van der Waals surface area contributed by atoms with Gasteiger partial charge in [0.05, 0.1) is 33.4 Å². The van der Waals surface area contributed by atoms with Gasteiger partial charge in [0, 0.05) is 6.20 Å². The molecule has 20 heavy (non-hydrogen) atoms. The van der Waals surface area contributed by atoms with Gasteiger partial charge >= 0.3 is 5.97 Å². The molecular weight excluding hydrogens is 323 g/mol. The van der Waals surface area contributed by atoms with E-state index in [9.17, 15) is 4.79 Å². The fourth-order valence-corrected chi connectivity index (χ4v) is 2.09. The minimum absolute atomic E-state index is 0.360. The van der Waals surface area contributed by atoms with Gasteiger partial charge in [0.2, 0.25) is 0 Å². The normalized spacial score (nSPS) is 10.2. The Labute approximate surface area is 130 Å². The third-order valence-corrected chi connectivity index (χ3v) is 3.49. The van der Waals surface area contributed by atoms with Gasteiger partial charge in [0.1, 0.15) is 5.82 Å². The van der Waals surface area contributed by atoms with Crippen molar-refractivity contribution in [2.75, 3.05) is 12.4 Å². The summed E-state index contributed by atoms with van der Waals surface area (Å²) >= 11 is 17.8. The van der Waals surface area contributed by atoms with E-state index in [1.54, 1.807) is 18.2 Å². The standard InChI is InChI=1S/C13H9Cl3N2O2/c1-20-13(19)7-2-3-17-12(4-7)18-11-6-9(15)8(14)5-10(11)16/h2-6H,1H3,(H,17,18). The molecule has 0 unspecified atom stereocenters. The lowest BCUT2D eigenvalue weighted by atomic mass is 10.2. The zero-order chi connectivity index (χ0) is 14.7. The van der Waals surface area contributed by atoms with E-state index in [-0.39, 0.29) is 0 Å². The number of halogens is 3. The number of ether oxygens (including phenoxy) is 1. The molecule has 1 aromatic carbocycles. The fourth-order valence-electron chi connectivity index (χ4n) is 1.50. The number of nitrogens with zero attached hydrogens (tertiary/aromatic N) is 1. The minimum atomic E-state index is -0.448. The molecule has 7 heteroatoms. The van der Waals surface area contributed by atoms with E-state index in [4.69, 9.17) is 34.8 Å². The molecule has 2 aromatic rings. The van der Waals surface area contributed by atoms with Crippen molar-refractivity contribution in [3.8, 4) is 0 Å². The summed E-state index contributed by atoms with van der Waals surface area (Å²) in [5.74, 6) is -0.0103. The van der Waals surface area contributed by atoms with E-state index in [2.05, 4.69) is 15.0 Å². The Morgan fingerprint density at radius 1 is 1.15 bits per heavy atom. The molecule has 104 valence electrons. The van der Waals surface area contributed by atoms with Crippen LogP contribution in [0.5, 0.6) is 0 Å². The zero-order valence-corrected chi connectivity index (χ0v) is 12.6. The van der Waals surface area contributed by atoms with Gasteiger partial charge in [-0.2, -0.15) is 0 Å². The lowest BCUT2D eigenvalue weighted by Crippen LogP contribution is -2.03. The number of rotatable bonds is 3. The molecule has 0 atom stereocenters. The number of carbonyl (C=O) groups is 1. The Morgan fingerprint density at radius 3 is 2.55 bits per heavy atom. The van der Waals surface area contributed by atoms with Crippen LogP contribution in [0.3, 0.4) is 0 Å². The van der Waals surface area contributed by atoms with Crippen molar-refractivity contribution in [1.82, 2.24) is 4.98 Å². The van der Waals surface area contributed by atoms with Crippen molar-refractivity contribution in [2.24, 2.45) is 0 Å². The van der Waals surface area contributed by atoms with Gasteiger partial charge in [-0.25, -0.2) is 9.78 Å². The summed E-state index contributed by atoms with van der Waals surface area (Å²) in [6.07, 6.45) is 1.49. The first-order chi connectivity index (χ1) is 9.51. The molecule has 0 aliphatic carbocycles. The summed E-state index contributed by atoms with van der Waals surface area (Å²) < 4.78 is 4.64. The van der Waals surface area contributed by atoms with Crippen LogP contribution >= 0.6 is 34.8 Å². The summed E-state index contributed by atoms with van der Waals surface area (Å²) in [5, 5.41) is 4.08. The van der Waals surface area contributed by atoms with E-state index >= 15 is 0 Å². The quantitative estimate of drug-likeness (QED) is 0.661. The number of aromatic nitrogens is 1. The first-order valence-corrected chi connectivity index (χ1v) is 6.60. The maximum atomic E-state index is 11.4. The number of hydrogen-bond acceptors (Lipinski definition) is 4. The van der Waals surface area contributed by atoms with Crippen LogP contribution in [0, 0.1) is 0 Å². The van der Waals surface area contributed by atoms with E-state index < -0.39 is 5.97 Å². The molecule has 0 aliphatic rings. The Morgan fingerprint density at radius 2 is 1.85 bits per heavy atom. The maximum Gasteiger partial charge on any atom is 0.338 e. The second-order valence-electron chi connectivity index (χ2n) is 3.79. The van der Waals surface area contributed by atoms with Crippen molar-refractivity contribution in [2.45, 2.75) is 0 Å². The minimum Gasteiger partial charge on any atom is -0.465 e. The molecule has 1 aromatic heterocycles. The van der Waals surface area contributed by atoms with E-state index in [1.807, 2.05) is 0 Å². The van der Waals surface area contributed by atoms with E-state index in [0.29, 0.717) is 32.1 Å².